The lowest BCUT2D eigenvalue weighted by Crippen LogP contribution is -1.96. The Labute approximate surface area is 88.4 Å². The van der Waals surface area contributed by atoms with Crippen molar-refractivity contribution in [2.75, 3.05) is 6.54 Å². The lowest BCUT2D eigenvalue weighted by atomic mass is 10.2. The summed E-state index contributed by atoms with van der Waals surface area (Å²) in [5.74, 6) is 0. The van der Waals surface area contributed by atoms with E-state index in [0.29, 0.717) is 0 Å². The summed E-state index contributed by atoms with van der Waals surface area (Å²) >= 11 is 0. The van der Waals surface area contributed by atoms with E-state index in [0.717, 1.165) is 32.2 Å². The number of unbranched alkanes of at least 4 members (excludes halogenated alkanes) is 2. The molecule has 1 heteroatoms. The third-order valence-corrected chi connectivity index (χ3v) is 1.88. The lowest BCUT2D eigenvalue weighted by Gasteiger charge is -1.89. The van der Waals surface area contributed by atoms with Crippen LogP contribution < -0.4 is 5.73 Å². The number of allylic oxidation sites excluding steroid dienone is 6. The van der Waals surface area contributed by atoms with Crippen LogP contribution in [0, 0.1) is 0 Å². The third kappa shape index (κ3) is 11.2. The van der Waals surface area contributed by atoms with E-state index in [9.17, 15) is 0 Å². The second kappa shape index (κ2) is 12.2. The number of rotatable bonds is 8. The van der Waals surface area contributed by atoms with Gasteiger partial charge < -0.3 is 5.73 Å². The van der Waals surface area contributed by atoms with Crippen LogP contribution in [0.5, 0.6) is 0 Å². The standard InChI is InChI=1S/C13H23N/c1-2-3-4-5-6-7-8-9-10-11-12-13-14/h3-4,6-9H,2,5,10-14H2,1H3. The SMILES string of the molecule is CCC=CCC=CC=CCCCCN. The average molecular weight is 193 g/mol. The molecular formula is C13H23N. The molecule has 0 amide bonds. The molecule has 0 radical (unpaired) electrons. The molecule has 1 nitrogen and oxygen atoms in total. The van der Waals surface area contributed by atoms with E-state index >= 15 is 0 Å². The summed E-state index contributed by atoms with van der Waals surface area (Å²) in [6.45, 7) is 2.96. The normalized spacial score (nSPS) is 12.4. The number of hydrogen-bond donors (Lipinski definition) is 1. The molecule has 0 saturated heterocycles. The summed E-state index contributed by atoms with van der Waals surface area (Å²) in [6.07, 6.45) is 18.6. The average Bonchev–Trinajstić information content (AvgIpc) is 2.21. The van der Waals surface area contributed by atoms with Crippen LogP contribution in [-0.2, 0) is 0 Å². The van der Waals surface area contributed by atoms with Crippen molar-refractivity contribution in [1.29, 1.82) is 0 Å². The number of hydrogen-bond acceptors (Lipinski definition) is 1. The summed E-state index contributed by atoms with van der Waals surface area (Å²) in [5, 5.41) is 0. The van der Waals surface area contributed by atoms with Crippen LogP contribution in [0.15, 0.2) is 36.5 Å². The summed E-state index contributed by atoms with van der Waals surface area (Å²) in [7, 11) is 0. The second-order valence-corrected chi connectivity index (χ2v) is 3.26. The van der Waals surface area contributed by atoms with Crippen LogP contribution in [0.3, 0.4) is 0 Å². The highest BCUT2D eigenvalue weighted by Crippen LogP contribution is 1.95. The molecule has 0 bridgehead atoms. The van der Waals surface area contributed by atoms with Gasteiger partial charge in [-0.3, -0.25) is 0 Å². The molecule has 0 unspecified atom stereocenters. The van der Waals surface area contributed by atoms with E-state index in [1.165, 1.54) is 6.42 Å². The first-order valence-corrected chi connectivity index (χ1v) is 5.58. The Balaban J connectivity index is 3.27. The van der Waals surface area contributed by atoms with E-state index < -0.39 is 0 Å². The smallest absolute Gasteiger partial charge is 0.00772 e. The highest BCUT2D eigenvalue weighted by atomic mass is 14.5. The third-order valence-electron chi connectivity index (χ3n) is 1.88. The highest BCUT2D eigenvalue weighted by Gasteiger charge is 1.79. The zero-order chi connectivity index (χ0) is 10.5. The molecule has 0 aliphatic heterocycles. The molecule has 0 fully saturated rings. The molecule has 0 aliphatic rings. The minimum Gasteiger partial charge on any atom is -0.330 e. The van der Waals surface area contributed by atoms with Crippen molar-refractivity contribution in [1.82, 2.24) is 0 Å². The van der Waals surface area contributed by atoms with Crippen LogP contribution in [0.25, 0.3) is 0 Å². The van der Waals surface area contributed by atoms with Crippen molar-refractivity contribution in [3.05, 3.63) is 36.5 Å². The Bertz CT molecular complexity index is 178. The molecule has 0 spiro atoms. The van der Waals surface area contributed by atoms with E-state index in [-0.39, 0.29) is 0 Å². The van der Waals surface area contributed by atoms with E-state index in [1.54, 1.807) is 0 Å². The Morgan fingerprint density at radius 1 is 0.929 bits per heavy atom. The molecule has 80 valence electrons. The summed E-state index contributed by atoms with van der Waals surface area (Å²) < 4.78 is 0. The maximum Gasteiger partial charge on any atom is -0.00772 e. The molecule has 0 atom stereocenters. The van der Waals surface area contributed by atoms with Gasteiger partial charge in [-0.1, -0.05) is 43.4 Å². The van der Waals surface area contributed by atoms with Crippen LogP contribution in [-0.4, -0.2) is 6.54 Å². The summed E-state index contributed by atoms with van der Waals surface area (Å²) in [4.78, 5) is 0. The summed E-state index contributed by atoms with van der Waals surface area (Å²) in [5.41, 5.74) is 5.39. The summed E-state index contributed by atoms with van der Waals surface area (Å²) in [6, 6.07) is 0. The van der Waals surface area contributed by atoms with Crippen molar-refractivity contribution in [2.24, 2.45) is 5.73 Å². The predicted octanol–water partition coefficient (Wildman–Crippen LogP) is 3.58. The van der Waals surface area contributed by atoms with Crippen LogP contribution >= 0.6 is 0 Å². The van der Waals surface area contributed by atoms with Gasteiger partial charge >= 0.3 is 0 Å². The van der Waals surface area contributed by atoms with Gasteiger partial charge in [0, 0.05) is 0 Å². The van der Waals surface area contributed by atoms with Crippen LogP contribution in [0.4, 0.5) is 0 Å². The molecule has 0 heterocycles. The molecule has 0 aromatic heterocycles. The van der Waals surface area contributed by atoms with Crippen LogP contribution in [0.2, 0.25) is 0 Å². The van der Waals surface area contributed by atoms with Gasteiger partial charge in [-0.15, -0.1) is 0 Å². The minimum absolute atomic E-state index is 0.811. The minimum atomic E-state index is 0.811. The van der Waals surface area contributed by atoms with Gasteiger partial charge in [-0.2, -0.15) is 0 Å². The molecule has 2 N–H and O–H groups in total. The maximum atomic E-state index is 5.39. The molecule has 0 aromatic rings. The lowest BCUT2D eigenvalue weighted by molar-refractivity contribution is 0.758. The monoisotopic (exact) mass is 193 g/mol. The molecule has 0 rings (SSSR count). The van der Waals surface area contributed by atoms with Gasteiger partial charge in [0.1, 0.15) is 0 Å². The fourth-order valence-corrected chi connectivity index (χ4v) is 1.08. The quantitative estimate of drug-likeness (QED) is 0.356. The zero-order valence-electron chi connectivity index (χ0n) is 9.28. The van der Waals surface area contributed by atoms with Gasteiger partial charge in [0.15, 0.2) is 0 Å². The van der Waals surface area contributed by atoms with Gasteiger partial charge in [0.05, 0.1) is 0 Å². The Kier molecular flexibility index (Phi) is 11.5. The Hall–Kier alpha value is -0.820. The van der Waals surface area contributed by atoms with Crippen molar-refractivity contribution in [3.63, 3.8) is 0 Å². The van der Waals surface area contributed by atoms with Gasteiger partial charge in [-0.25, -0.2) is 0 Å². The van der Waals surface area contributed by atoms with Crippen LogP contribution in [0.1, 0.15) is 39.0 Å². The Morgan fingerprint density at radius 3 is 2.43 bits per heavy atom. The fraction of sp³-hybridized carbons (Fsp3) is 0.538. The van der Waals surface area contributed by atoms with E-state index in [2.05, 4.69) is 43.4 Å². The van der Waals surface area contributed by atoms with Gasteiger partial charge in [0.25, 0.3) is 0 Å². The molecule has 0 aromatic carbocycles. The number of nitrogens with two attached hydrogens (primary N) is 1. The van der Waals surface area contributed by atoms with E-state index in [1.807, 2.05) is 0 Å². The van der Waals surface area contributed by atoms with E-state index in [4.69, 9.17) is 5.73 Å². The van der Waals surface area contributed by atoms with Crippen molar-refractivity contribution < 1.29 is 0 Å². The fourth-order valence-electron chi connectivity index (χ4n) is 1.08. The predicted molar refractivity (Wildman–Crippen MR) is 65.2 cm³/mol. The largest absolute Gasteiger partial charge is 0.330 e. The topological polar surface area (TPSA) is 26.0 Å². The van der Waals surface area contributed by atoms with Crippen molar-refractivity contribution >= 4 is 0 Å². The highest BCUT2D eigenvalue weighted by molar-refractivity contribution is 5.04. The maximum absolute atomic E-state index is 5.39. The molecular weight excluding hydrogens is 170 g/mol. The molecule has 0 aliphatic carbocycles. The Morgan fingerprint density at radius 2 is 1.71 bits per heavy atom. The first-order chi connectivity index (χ1) is 6.91. The second-order valence-electron chi connectivity index (χ2n) is 3.26. The first-order valence-electron chi connectivity index (χ1n) is 5.58. The zero-order valence-corrected chi connectivity index (χ0v) is 9.28. The van der Waals surface area contributed by atoms with Crippen molar-refractivity contribution in [2.45, 2.75) is 39.0 Å². The molecule has 0 saturated carbocycles. The molecule has 14 heavy (non-hydrogen) atoms. The van der Waals surface area contributed by atoms with Gasteiger partial charge in [0.2, 0.25) is 0 Å². The van der Waals surface area contributed by atoms with Crippen molar-refractivity contribution in [3.8, 4) is 0 Å². The van der Waals surface area contributed by atoms with Gasteiger partial charge in [-0.05, 0) is 38.6 Å². The first kappa shape index (κ1) is 13.2.